The topological polar surface area (TPSA) is 55.1 Å². The average Bonchev–Trinajstić information content (AvgIpc) is 2.09. The Bertz CT molecular complexity index is 182. The summed E-state index contributed by atoms with van der Waals surface area (Å²) in [5.41, 5.74) is 5.59. The van der Waals surface area contributed by atoms with Gasteiger partial charge in [-0.1, -0.05) is 13.8 Å². The minimum atomic E-state index is -0.0550. The Balaban J connectivity index is 2.42. The molecule has 0 radical (unpaired) electrons. The van der Waals surface area contributed by atoms with Crippen LogP contribution in [0, 0.1) is 5.92 Å². The van der Waals surface area contributed by atoms with E-state index < -0.39 is 0 Å². The lowest BCUT2D eigenvalue weighted by molar-refractivity contribution is -0.127. The van der Waals surface area contributed by atoms with E-state index in [-0.39, 0.29) is 17.4 Å². The molecular formula is C10H20N2O. The van der Waals surface area contributed by atoms with Crippen LogP contribution in [-0.2, 0) is 4.79 Å². The van der Waals surface area contributed by atoms with Gasteiger partial charge in [0, 0.05) is 12.5 Å². The molecule has 0 aliphatic heterocycles. The van der Waals surface area contributed by atoms with Gasteiger partial charge in [0.2, 0.25) is 5.91 Å². The highest BCUT2D eigenvalue weighted by Gasteiger charge is 2.37. The second-order valence-electron chi connectivity index (χ2n) is 4.14. The van der Waals surface area contributed by atoms with Gasteiger partial charge in [-0.05, 0) is 25.7 Å². The van der Waals surface area contributed by atoms with Crippen LogP contribution in [-0.4, -0.2) is 18.0 Å². The standard InChI is InChI=1S/C10H20N2O/c1-3-8(2)9(13)12-10(7-11)5-4-6-10/h8H,3-7,11H2,1-2H3,(H,12,13). The van der Waals surface area contributed by atoms with Gasteiger partial charge in [0.25, 0.3) is 0 Å². The second-order valence-corrected chi connectivity index (χ2v) is 4.14. The zero-order valence-corrected chi connectivity index (χ0v) is 8.60. The SMILES string of the molecule is CCC(C)C(=O)NC1(CN)CCC1. The monoisotopic (exact) mass is 184 g/mol. The normalized spacial score (nSPS) is 21.8. The maximum Gasteiger partial charge on any atom is 0.223 e. The molecule has 0 spiro atoms. The quantitative estimate of drug-likeness (QED) is 0.685. The van der Waals surface area contributed by atoms with Gasteiger partial charge in [-0.25, -0.2) is 0 Å². The van der Waals surface area contributed by atoms with Crippen molar-refractivity contribution in [2.45, 2.75) is 45.1 Å². The minimum Gasteiger partial charge on any atom is -0.349 e. The lowest BCUT2D eigenvalue weighted by Crippen LogP contribution is -2.59. The van der Waals surface area contributed by atoms with Gasteiger partial charge in [-0.2, -0.15) is 0 Å². The average molecular weight is 184 g/mol. The molecule has 1 saturated carbocycles. The molecule has 1 fully saturated rings. The van der Waals surface area contributed by atoms with Crippen molar-refractivity contribution in [3.05, 3.63) is 0 Å². The fraction of sp³-hybridized carbons (Fsp3) is 0.900. The van der Waals surface area contributed by atoms with Crippen LogP contribution in [0.25, 0.3) is 0 Å². The summed E-state index contributed by atoms with van der Waals surface area (Å²) in [5, 5.41) is 3.07. The van der Waals surface area contributed by atoms with E-state index >= 15 is 0 Å². The summed E-state index contributed by atoms with van der Waals surface area (Å²) in [5.74, 6) is 0.275. The van der Waals surface area contributed by atoms with E-state index in [1.807, 2.05) is 13.8 Å². The molecule has 13 heavy (non-hydrogen) atoms. The fourth-order valence-corrected chi connectivity index (χ4v) is 1.55. The number of amides is 1. The van der Waals surface area contributed by atoms with Gasteiger partial charge in [-0.15, -0.1) is 0 Å². The summed E-state index contributed by atoms with van der Waals surface area (Å²) < 4.78 is 0. The summed E-state index contributed by atoms with van der Waals surface area (Å²) in [6.45, 7) is 4.56. The minimum absolute atomic E-state index is 0.0550. The predicted molar refractivity (Wildman–Crippen MR) is 53.2 cm³/mol. The fourth-order valence-electron chi connectivity index (χ4n) is 1.55. The molecule has 0 saturated heterocycles. The van der Waals surface area contributed by atoms with Crippen molar-refractivity contribution in [2.75, 3.05) is 6.54 Å². The third-order valence-electron chi connectivity index (χ3n) is 3.15. The molecule has 76 valence electrons. The largest absolute Gasteiger partial charge is 0.349 e. The van der Waals surface area contributed by atoms with E-state index in [2.05, 4.69) is 5.32 Å². The molecule has 1 rings (SSSR count). The summed E-state index contributed by atoms with van der Waals surface area (Å²) in [4.78, 5) is 11.6. The first-order chi connectivity index (χ1) is 6.13. The Kier molecular flexibility index (Phi) is 3.31. The molecule has 1 amide bonds. The van der Waals surface area contributed by atoms with Crippen molar-refractivity contribution in [3.63, 3.8) is 0 Å². The lowest BCUT2D eigenvalue weighted by Gasteiger charge is -2.42. The molecule has 3 heteroatoms. The highest BCUT2D eigenvalue weighted by molar-refractivity contribution is 5.79. The van der Waals surface area contributed by atoms with Crippen LogP contribution in [0.1, 0.15) is 39.5 Å². The van der Waals surface area contributed by atoms with Crippen LogP contribution < -0.4 is 11.1 Å². The third-order valence-corrected chi connectivity index (χ3v) is 3.15. The number of rotatable bonds is 4. The van der Waals surface area contributed by atoms with Crippen molar-refractivity contribution in [1.82, 2.24) is 5.32 Å². The van der Waals surface area contributed by atoms with Crippen molar-refractivity contribution in [1.29, 1.82) is 0 Å². The van der Waals surface area contributed by atoms with Crippen molar-refractivity contribution < 1.29 is 4.79 Å². The Morgan fingerprint density at radius 2 is 2.23 bits per heavy atom. The molecular weight excluding hydrogens is 164 g/mol. The molecule has 0 aromatic rings. The Hall–Kier alpha value is -0.570. The van der Waals surface area contributed by atoms with E-state index in [1.165, 1.54) is 6.42 Å². The Labute approximate surface area is 80.1 Å². The first kappa shape index (κ1) is 10.5. The lowest BCUT2D eigenvalue weighted by atomic mass is 9.76. The van der Waals surface area contributed by atoms with Gasteiger partial charge in [-0.3, -0.25) is 4.79 Å². The molecule has 1 aliphatic carbocycles. The molecule has 3 N–H and O–H groups in total. The maximum atomic E-state index is 11.6. The van der Waals surface area contributed by atoms with Crippen LogP contribution in [0.15, 0.2) is 0 Å². The van der Waals surface area contributed by atoms with Crippen molar-refractivity contribution >= 4 is 5.91 Å². The van der Waals surface area contributed by atoms with Crippen LogP contribution in [0.4, 0.5) is 0 Å². The van der Waals surface area contributed by atoms with Gasteiger partial charge < -0.3 is 11.1 Å². The smallest absolute Gasteiger partial charge is 0.223 e. The highest BCUT2D eigenvalue weighted by atomic mass is 16.2. The molecule has 1 aliphatic rings. The zero-order valence-electron chi connectivity index (χ0n) is 8.60. The number of nitrogens with two attached hydrogens (primary N) is 1. The van der Waals surface area contributed by atoms with Gasteiger partial charge >= 0.3 is 0 Å². The first-order valence-corrected chi connectivity index (χ1v) is 5.15. The molecule has 0 bridgehead atoms. The van der Waals surface area contributed by atoms with Crippen LogP contribution in [0.2, 0.25) is 0 Å². The molecule has 3 nitrogen and oxygen atoms in total. The van der Waals surface area contributed by atoms with E-state index in [4.69, 9.17) is 5.73 Å². The third kappa shape index (κ3) is 2.21. The molecule has 0 aromatic carbocycles. The number of carbonyl (C=O) groups is 1. The van der Waals surface area contributed by atoms with Crippen LogP contribution in [0.3, 0.4) is 0 Å². The molecule has 0 aromatic heterocycles. The first-order valence-electron chi connectivity index (χ1n) is 5.15. The second kappa shape index (κ2) is 4.09. The van der Waals surface area contributed by atoms with Gasteiger partial charge in [0.1, 0.15) is 0 Å². The Morgan fingerprint density at radius 3 is 2.54 bits per heavy atom. The molecule has 1 unspecified atom stereocenters. The van der Waals surface area contributed by atoms with Crippen LogP contribution >= 0.6 is 0 Å². The van der Waals surface area contributed by atoms with Crippen molar-refractivity contribution in [3.8, 4) is 0 Å². The van der Waals surface area contributed by atoms with Gasteiger partial charge in [0.05, 0.1) is 5.54 Å². The van der Waals surface area contributed by atoms with Crippen LogP contribution in [0.5, 0.6) is 0 Å². The van der Waals surface area contributed by atoms with E-state index in [0.717, 1.165) is 19.3 Å². The number of carbonyl (C=O) groups excluding carboxylic acids is 1. The number of hydrogen-bond donors (Lipinski definition) is 2. The zero-order chi connectivity index (χ0) is 9.90. The van der Waals surface area contributed by atoms with E-state index in [9.17, 15) is 4.79 Å². The van der Waals surface area contributed by atoms with Gasteiger partial charge in [0.15, 0.2) is 0 Å². The maximum absolute atomic E-state index is 11.6. The van der Waals surface area contributed by atoms with E-state index in [0.29, 0.717) is 6.54 Å². The number of hydrogen-bond acceptors (Lipinski definition) is 2. The van der Waals surface area contributed by atoms with Crippen molar-refractivity contribution in [2.24, 2.45) is 11.7 Å². The molecule has 0 heterocycles. The highest BCUT2D eigenvalue weighted by Crippen LogP contribution is 2.30. The summed E-state index contributed by atoms with van der Waals surface area (Å²) in [7, 11) is 0. The number of nitrogens with one attached hydrogen (secondary N) is 1. The predicted octanol–water partition coefficient (Wildman–Crippen LogP) is 1.03. The summed E-state index contributed by atoms with van der Waals surface area (Å²) >= 11 is 0. The summed E-state index contributed by atoms with van der Waals surface area (Å²) in [6, 6.07) is 0. The molecule has 1 atom stereocenters. The summed E-state index contributed by atoms with van der Waals surface area (Å²) in [6.07, 6.45) is 4.18. The van der Waals surface area contributed by atoms with E-state index in [1.54, 1.807) is 0 Å². The Morgan fingerprint density at radius 1 is 1.62 bits per heavy atom.